The third-order valence-corrected chi connectivity index (χ3v) is 3.12. The second-order valence-corrected chi connectivity index (χ2v) is 4.25. The van der Waals surface area contributed by atoms with Crippen molar-refractivity contribution in [3.8, 4) is 0 Å². The summed E-state index contributed by atoms with van der Waals surface area (Å²) in [5.74, 6) is 0. The summed E-state index contributed by atoms with van der Waals surface area (Å²) >= 11 is 0. The molecule has 2 nitrogen and oxygen atoms in total. The molecule has 1 aliphatic heterocycles. The Kier molecular flexibility index (Phi) is 3.75. The lowest BCUT2D eigenvalue weighted by Crippen LogP contribution is -2.29. The first kappa shape index (κ1) is 10.7. The number of nitrogens with zero attached hydrogens (tertiary/aromatic N) is 1. The van der Waals surface area contributed by atoms with Crippen molar-refractivity contribution in [3.05, 3.63) is 35.4 Å². The maximum Gasteiger partial charge on any atom is 0.108 e. The summed E-state index contributed by atoms with van der Waals surface area (Å²) in [7, 11) is 0. The summed E-state index contributed by atoms with van der Waals surface area (Å²) in [5, 5.41) is 11.0. The van der Waals surface area contributed by atoms with Gasteiger partial charge in [-0.25, -0.2) is 5.11 Å². The lowest BCUT2D eigenvalue weighted by molar-refractivity contribution is 0.173. The fraction of sp³-hybridized carbons (Fsp3) is 0.538. The highest BCUT2D eigenvalue weighted by atomic mass is 16.3. The first-order chi connectivity index (χ1) is 7.40. The smallest absolute Gasteiger partial charge is 0.108 e. The standard InChI is InChI=1S/C13H18NO/c15-11-13-7-3-2-6-12(13)10-14-8-4-1-5-9-14/h2-3,6-7H,1,4-5,8-11H2. The van der Waals surface area contributed by atoms with E-state index >= 15 is 0 Å². The van der Waals surface area contributed by atoms with Gasteiger partial charge in [0.25, 0.3) is 0 Å². The van der Waals surface area contributed by atoms with Crippen LogP contribution < -0.4 is 0 Å². The zero-order chi connectivity index (χ0) is 10.5. The van der Waals surface area contributed by atoms with Gasteiger partial charge in [0.05, 0.1) is 0 Å². The molecule has 15 heavy (non-hydrogen) atoms. The molecule has 1 aliphatic rings. The Morgan fingerprint density at radius 3 is 2.33 bits per heavy atom. The van der Waals surface area contributed by atoms with E-state index in [2.05, 4.69) is 11.0 Å². The zero-order valence-electron chi connectivity index (χ0n) is 9.11. The zero-order valence-corrected chi connectivity index (χ0v) is 9.11. The number of piperidine rings is 1. The molecule has 0 aromatic heterocycles. The molecule has 0 amide bonds. The number of hydrogen-bond donors (Lipinski definition) is 0. The molecule has 1 heterocycles. The molecule has 2 rings (SSSR count). The van der Waals surface area contributed by atoms with Crippen molar-refractivity contribution in [3.63, 3.8) is 0 Å². The van der Waals surface area contributed by atoms with Crippen LogP contribution in [-0.4, -0.2) is 18.0 Å². The molecule has 1 aromatic rings. The van der Waals surface area contributed by atoms with E-state index in [1.807, 2.05) is 18.2 Å². The van der Waals surface area contributed by atoms with Crippen molar-refractivity contribution in [2.75, 3.05) is 13.1 Å². The number of hydrogen-bond acceptors (Lipinski definition) is 1. The van der Waals surface area contributed by atoms with Gasteiger partial charge in [-0.15, -0.1) is 0 Å². The molecule has 0 bridgehead atoms. The van der Waals surface area contributed by atoms with E-state index in [4.69, 9.17) is 0 Å². The van der Waals surface area contributed by atoms with Crippen LogP contribution in [-0.2, 0) is 18.3 Å². The minimum absolute atomic E-state index is 0.0932. The van der Waals surface area contributed by atoms with Gasteiger partial charge in [-0.1, -0.05) is 30.7 Å². The third-order valence-electron chi connectivity index (χ3n) is 3.12. The van der Waals surface area contributed by atoms with Crippen LogP contribution in [0, 0.1) is 0 Å². The summed E-state index contributed by atoms with van der Waals surface area (Å²) < 4.78 is 0. The summed E-state index contributed by atoms with van der Waals surface area (Å²) in [5.41, 5.74) is 2.18. The van der Waals surface area contributed by atoms with Gasteiger partial charge in [-0.05, 0) is 37.1 Å². The summed E-state index contributed by atoms with van der Waals surface area (Å²) in [4.78, 5) is 2.46. The van der Waals surface area contributed by atoms with Crippen molar-refractivity contribution >= 4 is 0 Å². The van der Waals surface area contributed by atoms with E-state index in [0.29, 0.717) is 0 Å². The maximum atomic E-state index is 11.0. The summed E-state index contributed by atoms with van der Waals surface area (Å²) in [6, 6.07) is 8.01. The van der Waals surface area contributed by atoms with Gasteiger partial charge in [0.1, 0.15) is 6.61 Å². The Labute approximate surface area is 91.5 Å². The Hall–Kier alpha value is -0.860. The van der Waals surface area contributed by atoms with Gasteiger partial charge in [0.15, 0.2) is 0 Å². The Morgan fingerprint density at radius 1 is 1.00 bits per heavy atom. The second kappa shape index (κ2) is 5.29. The van der Waals surface area contributed by atoms with Gasteiger partial charge < -0.3 is 0 Å². The first-order valence-electron chi connectivity index (χ1n) is 5.77. The van der Waals surface area contributed by atoms with E-state index in [1.165, 1.54) is 37.9 Å². The van der Waals surface area contributed by atoms with Crippen molar-refractivity contribution in [2.24, 2.45) is 0 Å². The highest BCUT2D eigenvalue weighted by molar-refractivity contribution is 5.26. The fourth-order valence-electron chi connectivity index (χ4n) is 2.21. The first-order valence-corrected chi connectivity index (χ1v) is 5.77. The van der Waals surface area contributed by atoms with Crippen LogP contribution in [0.5, 0.6) is 0 Å². The minimum Gasteiger partial charge on any atom is -0.299 e. The molecule has 0 N–H and O–H groups in total. The molecule has 1 radical (unpaired) electrons. The molecule has 2 heteroatoms. The Morgan fingerprint density at radius 2 is 1.67 bits per heavy atom. The lowest BCUT2D eigenvalue weighted by Gasteiger charge is -2.27. The van der Waals surface area contributed by atoms with Crippen molar-refractivity contribution in [1.29, 1.82) is 0 Å². The van der Waals surface area contributed by atoms with Crippen molar-refractivity contribution in [2.45, 2.75) is 32.4 Å². The van der Waals surface area contributed by atoms with Gasteiger partial charge in [0, 0.05) is 6.54 Å². The lowest BCUT2D eigenvalue weighted by atomic mass is 10.1. The van der Waals surface area contributed by atoms with Crippen LogP contribution >= 0.6 is 0 Å². The number of likely N-dealkylation sites (tertiary alicyclic amines) is 1. The largest absolute Gasteiger partial charge is 0.299 e. The maximum absolute atomic E-state index is 11.0. The molecule has 0 unspecified atom stereocenters. The van der Waals surface area contributed by atoms with E-state index in [1.54, 1.807) is 0 Å². The molecule has 1 aromatic carbocycles. The predicted octanol–water partition coefficient (Wildman–Crippen LogP) is 2.60. The van der Waals surface area contributed by atoms with Gasteiger partial charge in [0.2, 0.25) is 0 Å². The monoisotopic (exact) mass is 204 g/mol. The Bertz CT molecular complexity index is 305. The molecule has 1 fully saturated rings. The second-order valence-electron chi connectivity index (χ2n) is 4.25. The SMILES string of the molecule is [O]Cc1ccccc1CN1CCCCC1. The third kappa shape index (κ3) is 2.80. The molecule has 0 aliphatic carbocycles. The molecular weight excluding hydrogens is 186 g/mol. The fourth-order valence-corrected chi connectivity index (χ4v) is 2.21. The number of benzene rings is 1. The van der Waals surface area contributed by atoms with Crippen molar-refractivity contribution < 1.29 is 5.11 Å². The normalized spacial score (nSPS) is 17.9. The Balaban J connectivity index is 2.02. The van der Waals surface area contributed by atoms with Crippen LogP contribution in [0.25, 0.3) is 0 Å². The summed E-state index contributed by atoms with van der Waals surface area (Å²) in [6.45, 7) is 3.24. The molecule has 0 spiro atoms. The van der Waals surface area contributed by atoms with Crippen LogP contribution in [0.4, 0.5) is 0 Å². The quantitative estimate of drug-likeness (QED) is 0.742. The van der Waals surface area contributed by atoms with E-state index < -0.39 is 0 Å². The van der Waals surface area contributed by atoms with Crippen molar-refractivity contribution in [1.82, 2.24) is 4.90 Å². The van der Waals surface area contributed by atoms with Crippen LogP contribution in [0.15, 0.2) is 24.3 Å². The molecule has 0 saturated carbocycles. The minimum atomic E-state index is -0.0932. The molecule has 1 saturated heterocycles. The molecular formula is C13H18NO. The van der Waals surface area contributed by atoms with Crippen LogP contribution in [0.2, 0.25) is 0 Å². The number of rotatable bonds is 3. The summed E-state index contributed by atoms with van der Waals surface area (Å²) in [6.07, 6.45) is 3.97. The van der Waals surface area contributed by atoms with Gasteiger partial charge in [-0.3, -0.25) is 4.90 Å². The van der Waals surface area contributed by atoms with E-state index in [9.17, 15) is 5.11 Å². The average molecular weight is 204 g/mol. The van der Waals surface area contributed by atoms with E-state index in [-0.39, 0.29) is 6.61 Å². The molecule has 0 atom stereocenters. The van der Waals surface area contributed by atoms with Gasteiger partial charge in [-0.2, -0.15) is 0 Å². The molecule has 81 valence electrons. The highest BCUT2D eigenvalue weighted by Crippen LogP contribution is 2.15. The van der Waals surface area contributed by atoms with Gasteiger partial charge >= 0.3 is 0 Å². The topological polar surface area (TPSA) is 23.1 Å². The predicted molar refractivity (Wildman–Crippen MR) is 60.0 cm³/mol. The average Bonchev–Trinajstić information content (AvgIpc) is 2.31. The van der Waals surface area contributed by atoms with Crippen LogP contribution in [0.3, 0.4) is 0 Å². The van der Waals surface area contributed by atoms with E-state index in [0.717, 1.165) is 12.1 Å². The van der Waals surface area contributed by atoms with Crippen LogP contribution in [0.1, 0.15) is 30.4 Å². The highest BCUT2D eigenvalue weighted by Gasteiger charge is 2.11.